The van der Waals surface area contributed by atoms with E-state index in [9.17, 15) is 9.59 Å². The van der Waals surface area contributed by atoms with Crippen molar-refractivity contribution in [1.29, 1.82) is 0 Å². The van der Waals surface area contributed by atoms with E-state index in [2.05, 4.69) is 10.4 Å². The molecule has 27 heavy (non-hydrogen) atoms. The van der Waals surface area contributed by atoms with E-state index in [0.29, 0.717) is 23.7 Å². The fourth-order valence-electron chi connectivity index (χ4n) is 3.20. The summed E-state index contributed by atoms with van der Waals surface area (Å²) in [6, 6.07) is 6.83. The summed E-state index contributed by atoms with van der Waals surface area (Å²) in [6.07, 6.45) is 3.32. The number of methoxy groups -OCH3 is 2. The van der Waals surface area contributed by atoms with Gasteiger partial charge in [-0.2, -0.15) is 5.10 Å². The molecule has 1 aromatic carbocycles. The number of aryl methyl sites for hydroxylation is 1. The van der Waals surface area contributed by atoms with Crippen molar-refractivity contribution in [3.63, 3.8) is 0 Å². The van der Waals surface area contributed by atoms with Crippen molar-refractivity contribution in [2.75, 3.05) is 37.5 Å². The molecule has 8 heteroatoms. The van der Waals surface area contributed by atoms with Crippen LogP contribution in [0.1, 0.15) is 12.8 Å². The predicted octanol–water partition coefficient (Wildman–Crippen LogP) is 1.65. The summed E-state index contributed by atoms with van der Waals surface area (Å²) in [4.78, 5) is 26.6. The number of carbonyl (C=O) groups excluding carboxylic acids is 1. The summed E-state index contributed by atoms with van der Waals surface area (Å²) in [6.45, 7) is 1.34. The zero-order chi connectivity index (χ0) is 19.4. The second kappa shape index (κ2) is 8.11. The monoisotopic (exact) mass is 372 g/mol. The molecule has 0 unspecified atom stereocenters. The van der Waals surface area contributed by atoms with Gasteiger partial charge in [0.15, 0.2) is 0 Å². The number of aromatic nitrogens is 2. The SMILES string of the molecule is COc1ccc(NC(=O)[C@@H]2CCCN(c3cnn(C)c(=O)c3)C2)c(OC)c1. The first-order chi connectivity index (χ1) is 13.0. The summed E-state index contributed by atoms with van der Waals surface area (Å²) in [5.41, 5.74) is 1.19. The molecule has 0 saturated carbocycles. The van der Waals surface area contributed by atoms with Crippen LogP contribution in [0.3, 0.4) is 0 Å². The minimum Gasteiger partial charge on any atom is -0.497 e. The van der Waals surface area contributed by atoms with Gasteiger partial charge in [-0.05, 0) is 25.0 Å². The Morgan fingerprint density at radius 1 is 1.26 bits per heavy atom. The number of nitrogens with zero attached hydrogens (tertiary/aromatic N) is 3. The Balaban J connectivity index is 1.71. The molecular formula is C19H24N4O4. The molecule has 0 radical (unpaired) electrons. The number of piperidine rings is 1. The lowest BCUT2D eigenvalue weighted by molar-refractivity contribution is -0.120. The zero-order valence-electron chi connectivity index (χ0n) is 15.8. The largest absolute Gasteiger partial charge is 0.497 e. The molecule has 0 aliphatic carbocycles. The van der Waals surface area contributed by atoms with Gasteiger partial charge in [-0.1, -0.05) is 0 Å². The Hall–Kier alpha value is -3.03. The first-order valence-electron chi connectivity index (χ1n) is 8.83. The maximum Gasteiger partial charge on any atom is 0.268 e. The Kier molecular flexibility index (Phi) is 5.63. The third kappa shape index (κ3) is 4.21. The van der Waals surface area contributed by atoms with Crippen LogP contribution in [-0.2, 0) is 11.8 Å². The lowest BCUT2D eigenvalue weighted by Crippen LogP contribution is -2.41. The van der Waals surface area contributed by atoms with Gasteiger partial charge in [-0.3, -0.25) is 9.59 Å². The van der Waals surface area contributed by atoms with Gasteiger partial charge in [0, 0.05) is 32.3 Å². The minimum atomic E-state index is -0.186. The van der Waals surface area contributed by atoms with Crippen LogP contribution in [0.2, 0.25) is 0 Å². The number of hydrogen-bond acceptors (Lipinski definition) is 6. The molecule has 8 nitrogen and oxygen atoms in total. The molecule has 2 aromatic rings. The maximum absolute atomic E-state index is 12.8. The molecule has 3 rings (SSSR count). The van der Waals surface area contributed by atoms with E-state index in [-0.39, 0.29) is 17.4 Å². The van der Waals surface area contributed by atoms with E-state index in [4.69, 9.17) is 9.47 Å². The molecule has 1 saturated heterocycles. The number of anilines is 2. The number of carbonyl (C=O) groups is 1. The van der Waals surface area contributed by atoms with Crippen LogP contribution in [0.4, 0.5) is 11.4 Å². The van der Waals surface area contributed by atoms with Crippen LogP contribution < -0.4 is 25.2 Å². The molecule has 0 spiro atoms. The quantitative estimate of drug-likeness (QED) is 0.859. The van der Waals surface area contributed by atoms with Gasteiger partial charge in [0.25, 0.3) is 5.56 Å². The highest BCUT2D eigenvalue weighted by atomic mass is 16.5. The number of rotatable bonds is 5. The van der Waals surface area contributed by atoms with Gasteiger partial charge in [0.1, 0.15) is 11.5 Å². The summed E-state index contributed by atoms with van der Waals surface area (Å²) < 4.78 is 11.8. The van der Waals surface area contributed by atoms with E-state index in [0.717, 1.165) is 25.1 Å². The second-order valence-electron chi connectivity index (χ2n) is 6.52. The molecule has 1 amide bonds. The van der Waals surface area contributed by atoms with Crippen molar-refractivity contribution >= 4 is 17.3 Å². The Morgan fingerprint density at radius 2 is 2.07 bits per heavy atom. The molecular weight excluding hydrogens is 348 g/mol. The van der Waals surface area contributed by atoms with Gasteiger partial charge in [0.2, 0.25) is 5.91 Å². The standard InChI is InChI=1S/C19H24N4O4/c1-22-18(24)9-14(11-20-22)23-8-4-5-13(12-23)19(25)21-16-7-6-15(26-2)10-17(16)27-3/h6-7,9-11,13H,4-5,8,12H2,1-3H3,(H,21,25)/t13-/m1/s1. The molecule has 0 bridgehead atoms. The highest BCUT2D eigenvalue weighted by Crippen LogP contribution is 2.30. The lowest BCUT2D eigenvalue weighted by Gasteiger charge is -2.33. The van der Waals surface area contributed by atoms with Crippen LogP contribution in [0.25, 0.3) is 0 Å². The van der Waals surface area contributed by atoms with E-state index >= 15 is 0 Å². The van der Waals surface area contributed by atoms with Gasteiger partial charge in [-0.15, -0.1) is 0 Å². The highest BCUT2D eigenvalue weighted by molar-refractivity contribution is 5.94. The van der Waals surface area contributed by atoms with Crippen molar-refractivity contribution < 1.29 is 14.3 Å². The average Bonchev–Trinajstić information content (AvgIpc) is 2.70. The molecule has 1 aliphatic heterocycles. The number of benzene rings is 1. The van der Waals surface area contributed by atoms with Crippen LogP contribution in [0.15, 0.2) is 35.3 Å². The first-order valence-corrected chi connectivity index (χ1v) is 8.83. The average molecular weight is 372 g/mol. The van der Waals surface area contributed by atoms with E-state index in [1.54, 1.807) is 51.7 Å². The van der Waals surface area contributed by atoms with Crippen molar-refractivity contribution in [3.05, 3.63) is 40.8 Å². The van der Waals surface area contributed by atoms with Gasteiger partial charge >= 0.3 is 0 Å². The molecule has 1 N–H and O–H groups in total. The summed E-state index contributed by atoms with van der Waals surface area (Å²) in [5.74, 6) is 0.951. The van der Waals surface area contributed by atoms with Crippen LogP contribution in [0, 0.1) is 5.92 Å². The number of nitrogens with one attached hydrogen (secondary N) is 1. The first kappa shape index (κ1) is 18.8. The van der Waals surface area contributed by atoms with Crippen molar-refractivity contribution in [2.24, 2.45) is 13.0 Å². The molecule has 1 aromatic heterocycles. The van der Waals surface area contributed by atoms with E-state index in [1.165, 1.54) is 4.68 Å². The third-order valence-corrected chi connectivity index (χ3v) is 4.78. The summed E-state index contributed by atoms with van der Waals surface area (Å²) >= 11 is 0. The van der Waals surface area contributed by atoms with Crippen molar-refractivity contribution in [1.82, 2.24) is 9.78 Å². The topological polar surface area (TPSA) is 85.7 Å². The third-order valence-electron chi connectivity index (χ3n) is 4.78. The fourth-order valence-corrected chi connectivity index (χ4v) is 3.20. The molecule has 144 valence electrons. The summed E-state index contributed by atoms with van der Waals surface area (Å²) in [5, 5.41) is 7.01. The summed E-state index contributed by atoms with van der Waals surface area (Å²) in [7, 11) is 4.74. The highest BCUT2D eigenvalue weighted by Gasteiger charge is 2.27. The second-order valence-corrected chi connectivity index (χ2v) is 6.52. The normalized spacial score (nSPS) is 16.7. The smallest absolute Gasteiger partial charge is 0.268 e. The van der Waals surface area contributed by atoms with Gasteiger partial charge in [0.05, 0.1) is 37.7 Å². The van der Waals surface area contributed by atoms with Gasteiger partial charge < -0.3 is 19.7 Å². The van der Waals surface area contributed by atoms with Crippen molar-refractivity contribution in [3.8, 4) is 11.5 Å². The number of ether oxygens (including phenoxy) is 2. The molecule has 1 atom stereocenters. The number of hydrogen-bond donors (Lipinski definition) is 1. The van der Waals surface area contributed by atoms with Crippen LogP contribution in [0.5, 0.6) is 11.5 Å². The minimum absolute atomic E-state index is 0.0695. The lowest BCUT2D eigenvalue weighted by atomic mass is 9.96. The van der Waals surface area contributed by atoms with E-state index < -0.39 is 0 Å². The predicted molar refractivity (Wildman–Crippen MR) is 103 cm³/mol. The van der Waals surface area contributed by atoms with E-state index in [1.807, 2.05) is 4.90 Å². The molecule has 2 heterocycles. The van der Waals surface area contributed by atoms with Crippen LogP contribution >= 0.6 is 0 Å². The fraction of sp³-hybridized carbons (Fsp3) is 0.421. The van der Waals surface area contributed by atoms with Crippen molar-refractivity contribution in [2.45, 2.75) is 12.8 Å². The Bertz CT molecular complexity index is 880. The Labute approximate surface area is 157 Å². The van der Waals surface area contributed by atoms with Crippen LogP contribution in [-0.4, -0.2) is 43.0 Å². The Morgan fingerprint density at radius 3 is 2.78 bits per heavy atom. The zero-order valence-corrected chi connectivity index (χ0v) is 15.8. The maximum atomic E-state index is 12.8. The number of amides is 1. The molecule has 1 fully saturated rings. The molecule has 1 aliphatic rings. The van der Waals surface area contributed by atoms with Gasteiger partial charge in [-0.25, -0.2) is 4.68 Å².